The van der Waals surface area contributed by atoms with Gasteiger partial charge in [0.2, 0.25) is 0 Å². The SMILES string of the molecule is CNCC(C)(C)Oc1ccc(OCc2ccccc2)cc1. The van der Waals surface area contributed by atoms with Gasteiger partial charge in [0.1, 0.15) is 23.7 Å². The van der Waals surface area contributed by atoms with Gasteiger partial charge in [-0.15, -0.1) is 0 Å². The van der Waals surface area contributed by atoms with E-state index >= 15 is 0 Å². The van der Waals surface area contributed by atoms with Gasteiger partial charge in [-0.3, -0.25) is 0 Å². The fourth-order valence-electron chi connectivity index (χ4n) is 2.13. The summed E-state index contributed by atoms with van der Waals surface area (Å²) in [5.74, 6) is 1.69. The fourth-order valence-corrected chi connectivity index (χ4v) is 2.13. The van der Waals surface area contributed by atoms with Gasteiger partial charge >= 0.3 is 0 Å². The molecule has 0 spiro atoms. The standard InChI is InChI=1S/C18H23NO2/c1-18(2,14-19-3)21-17-11-9-16(10-12-17)20-13-15-7-5-4-6-8-15/h4-12,19H,13-14H2,1-3H3. The summed E-state index contributed by atoms with van der Waals surface area (Å²) < 4.78 is 11.7. The molecule has 21 heavy (non-hydrogen) atoms. The van der Waals surface area contributed by atoms with Crippen molar-refractivity contribution in [1.29, 1.82) is 0 Å². The van der Waals surface area contributed by atoms with Crippen molar-refractivity contribution >= 4 is 0 Å². The number of ether oxygens (including phenoxy) is 2. The molecule has 0 unspecified atom stereocenters. The molecule has 2 aromatic rings. The molecule has 2 rings (SSSR count). The maximum Gasteiger partial charge on any atom is 0.120 e. The van der Waals surface area contributed by atoms with Crippen molar-refractivity contribution in [3.8, 4) is 11.5 Å². The Labute approximate surface area is 126 Å². The molecule has 0 aliphatic carbocycles. The van der Waals surface area contributed by atoms with Crippen molar-refractivity contribution < 1.29 is 9.47 Å². The monoisotopic (exact) mass is 285 g/mol. The molecule has 0 amide bonds. The van der Waals surface area contributed by atoms with E-state index in [2.05, 4.69) is 31.3 Å². The lowest BCUT2D eigenvalue weighted by Gasteiger charge is -2.26. The van der Waals surface area contributed by atoms with Crippen molar-refractivity contribution in [3.63, 3.8) is 0 Å². The number of hydrogen-bond acceptors (Lipinski definition) is 3. The molecular formula is C18H23NO2. The minimum atomic E-state index is -0.235. The second-order valence-electron chi connectivity index (χ2n) is 5.64. The molecule has 3 heteroatoms. The van der Waals surface area contributed by atoms with Crippen LogP contribution in [-0.2, 0) is 6.61 Å². The summed E-state index contributed by atoms with van der Waals surface area (Å²) in [7, 11) is 1.92. The van der Waals surface area contributed by atoms with E-state index in [1.165, 1.54) is 0 Å². The average molecular weight is 285 g/mol. The van der Waals surface area contributed by atoms with Gasteiger partial charge in [-0.1, -0.05) is 30.3 Å². The molecule has 0 aliphatic rings. The van der Waals surface area contributed by atoms with E-state index in [1.54, 1.807) is 0 Å². The van der Waals surface area contributed by atoms with Crippen molar-refractivity contribution in [2.24, 2.45) is 0 Å². The lowest BCUT2D eigenvalue weighted by atomic mass is 10.1. The van der Waals surface area contributed by atoms with Gasteiger partial charge in [0.15, 0.2) is 0 Å². The molecule has 0 atom stereocenters. The first-order valence-corrected chi connectivity index (χ1v) is 7.19. The Bertz CT molecular complexity index is 535. The fraction of sp³-hybridized carbons (Fsp3) is 0.333. The molecule has 112 valence electrons. The highest BCUT2D eigenvalue weighted by Crippen LogP contribution is 2.22. The lowest BCUT2D eigenvalue weighted by Crippen LogP contribution is -2.38. The van der Waals surface area contributed by atoms with Crippen molar-refractivity contribution in [1.82, 2.24) is 5.32 Å². The smallest absolute Gasteiger partial charge is 0.120 e. The first-order chi connectivity index (χ1) is 10.1. The largest absolute Gasteiger partial charge is 0.489 e. The molecule has 0 aromatic heterocycles. The molecule has 1 N–H and O–H groups in total. The minimum Gasteiger partial charge on any atom is -0.489 e. The first-order valence-electron chi connectivity index (χ1n) is 7.19. The van der Waals surface area contributed by atoms with Crippen LogP contribution in [-0.4, -0.2) is 19.2 Å². The zero-order chi connectivity index (χ0) is 15.1. The molecule has 0 fully saturated rings. The number of likely N-dealkylation sites (N-methyl/N-ethyl adjacent to an activating group) is 1. The molecule has 0 aliphatic heterocycles. The minimum absolute atomic E-state index is 0.235. The Morgan fingerprint density at radius 3 is 2.14 bits per heavy atom. The van der Waals surface area contributed by atoms with Crippen LogP contribution in [0.2, 0.25) is 0 Å². The van der Waals surface area contributed by atoms with Crippen LogP contribution in [0.3, 0.4) is 0 Å². The van der Waals surface area contributed by atoms with E-state index in [4.69, 9.17) is 9.47 Å². The Morgan fingerprint density at radius 1 is 0.905 bits per heavy atom. The van der Waals surface area contributed by atoms with Gasteiger partial charge in [-0.25, -0.2) is 0 Å². The predicted molar refractivity (Wildman–Crippen MR) is 85.8 cm³/mol. The Balaban J connectivity index is 1.90. The van der Waals surface area contributed by atoms with E-state index in [0.29, 0.717) is 6.61 Å². The second-order valence-corrected chi connectivity index (χ2v) is 5.64. The van der Waals surface area contributed by atoms with Crippen molar-refractivity contribution in [3.05, 3.63) is 60.2 Å². The van der Waals surface area contributed by atoms with Crippen LogP contribution in [0.5, 0.6) is 11.5 Å². The normalized spacial score (nSPS) is 11.2. The number of hydrogen-bond donors (Lipinski definition) is 1. The molecule has 2 aromatic carbocycles. The van der Waals surface area contributed by atoms with Gasteiger partial charge in [0.25, 0.3) is 0 Å². The summed E-state index contributed by atoms with van der Waals surface area (Å²) in [6.45, 7) is 5.48. The zero-order valence-electron chi connectivity index (χ0n) is 12.9. The molecule has 3 nitrogen and oxygen atoms in total. The summed E-state index contributed by atoms with van der Waals surface area (Å²) in [4.78, 5) is 0. The second kappa shape index (κ2) is 7.14. The van der Waals surface area contributed by atoms with E-state index in [-0.39, 0.29) is 5.60 Å². The summed E-state index contributed by atoms with van der Waals surface area (Å²) in [5.41, 5.74) is 0.925. The van der Waals surface area contributed by atoms with Crippen LogP contribution in [0, 0.1) is 0 Å². The summed E-state index contributed by atoms with van der Waals surface area (Å²) in [5, 5.41) is 3.13. The Morgan fingerprint density at radius 2 is 1.52 bits per heavy atom. The van der Waals surface area contributed by atoms with Gasteiger partial charge in [-0.05, 0) is 50.7 Å². The average Bonchev–Trinajstić information content (AvgIpc) is 2.47. The molecular weight excluding hydrogens is 262 g/mol. The van der Waals surface area contributed by atoms with E-state index in [1.807, 2.05) is 49.5 Å². The highest BCUT2D eigenvalue weighted by atomic mass is 16.5. The van der Waals surface area contributed by atoms with Crippen LogP contribution in [0.1, 0.15) is 19.4 Å². The van der Waals surface area contributed by atoms with Crippen LogP contribution in [0.15, 0.2) is 54.6 Å². The van der Waals surface area contributed by atoms with E-state index in [9.17, 15) is 0 Å². The zero-order valence-corrected chi connectivity index (χ0v) is 12.9. The topological polar surface area (TPSA) is 30.5 Å². The van der Waals surface area contributed by atoms with E-state index in [0.717, 1.165) is 23.6 Å². The van der Waals surface area contributed by atoms with Crippen LogP contribution in [0.4, 0.5) is 0 Å². The van der Waals surface area contributed by atoms with Gasteiger partial charge in [0.05, 0.1) is 0 Å². The van der Waals surface area contributed by atoms with Crippen LogP contribution in [0.25, 0.3) is 0 Å². The molecule has 0 heterocycles. The molecule has 0 saturated heterocycles. The van der Waals surface area contributed by atoms with Crippen LogP contribution < -0.4 is 14.8 Å². The number of nitrogens with one attached hydrogen (secondary N) is 1. The number of rotatable bonds is 7. The number of benzene rings is 2. The quantitative estimate of drug-likeness (QED) is 0.842. The third-order valence-electron chi connectivity index (χ3n) is 3.07. The summed E-state index contributed by atoms with van der Waals surface area (Å²) in [6, 6.07) is 17.9. The van der Waals surface area contributed by atoms with Gasteiger partial charge < -0.3 is 14.8 Å². The van der Waals surface area contributed by atoms with Gasteiger partial charge in [0, 0.05) is 6.54 Å². The lowest BCUT2D eigenvalue weighted by molar-refractivity contribution is 0.110. The highest BCUT2D eigenvalue weighted by Gasteiger charge is 2.18. The molecule has 0 saturated carbocycles. The highest BCUT2D eigenvalue weighted by molar-refractivity contribution is 5.32. The predicted octanol–water partition coefficient (Wildman–Crippen LogP) is 3.64. The van der Waals surface area contributed by atoms with Crippen molar-refractivity contribution in [2.75, 3.05) is 13.6 Å². The first kappa shape index (κ1) is 15.4. The summed E-state index contributed by atoms with van der Waals surface area (Å²) in [6.07, 6.45) is 0. The Hall–Kier alpha value is -2.00. The van der Waals surface area contributed by atoms with E-state index < -0.39 is 0 Å². The Kier molecular flexibility index (Phi) is 5.23. The maximum atomic E-state index is 5.94. The third kappa shape index (κ3) is 5.12. The molecule has 0 bridgehead atoms. The van der Waals surface area contributed by atoms with Crippen LogP contribution >= 0.6 is 0 Å². The van der Waals surface area contributed by atoms with Gasteiger partial charge in [-0.2, -0.15) is 0 Å². The van der Waals surface area contributed by atoms with Crippen molar-refractivity contribution in [2.45, 2.75) is 26.1 Å². The third-order valence-corrected chi connectivity index (χ3v) is 3.07. The molecule has 0 radical (unpaired) electrons. The maximum absolute atomic E-state index is 5.94. The summed E-state index contributed by atoms with van der Waals surface area (Å²) >= 11 is 0.